The van der Waals surface area contributed by atoms with E-state index in [0.29, 0.717) is 18.4 Å². The molecular formula is C11H12O5. The minimum Gasteiger partial charge on any atom is -0.507 e. The van der Waals surface area contributed by atoms with Crippen molar-refractivity contribution in [2.45, 2.75) is 19.8 Å². The number of carbonyl (C=O) groups is 2. The van der Waals surface area contributed by atoms with E-state index < -0.39 is 23.3 Å². The molecular weight excluding hydrogens is 212 g/mol. The number of rotatable bonds is 4. The number of carboxylic acid groups (broad SMARTS) is 2. The molecule has 0 aromatic heterocycles. The maximum Gasteiger partial charge on any atom is 0.340 e. The van der Waals surface area contributed by atoms with Crippen LogP contribution in [0.5, 0.6) is 5.75 Å². The van der Waals surface area contributed by atoms with Crippen LogP contribution in [0.15, 0.2) is 12.1 Å². The summed E-state index contributed by atoms with van der Waals surface area (Å²) in [6.07, 6.45) is 1.16. The first kappa shape index (κ1) is 12.0. The van der Waals surface area contributed by atoms with Crippen molar-refractivity contribution in [3.63, 3.8) is 0 Å². The van der Waals surface area contributed by atoms with E-state index in [4.69, 9.17) is 10.2 Å². The van der Waals surface area contributed by atoms with Crippen LogP contribution in [0.1, 0.15) is 39.6 Å². The molecule has 0 atom stereocenters. The van der Waals surface area contributed by atoms with E-state index in [-0.39, 0.29) is 5.56 Å². The highest BCUT2D eigenvalue weighted by atomic mass is 16.4. The van der Waals surface area contributed by atoms with Crippen molar-refractivity contribution in [2.75, 3.05) is 0 Å². The molecule has 0 unspecified atom stereocenters. The summed E-state index contributed by atoms with van der Waals surface area (Å²) < 4.78 is 0. The molecule has 1 aromatic carbocycles. The standard InChI is InChI=1S/C11H12O5/c1-2-3-6-4-5-7(12)9(11(15)16)8(6)10(13)14/h4-5,12H,2-3H2,1H3,(H,13,14)(H,15,16). The lowest BCUT2D eigenvalue weighted by Gasteiger charge is -2.09. The number of aryl methyl sites for hydroxylation is 1. The summed E-state index contributed by atoms with van der Waals surface area (Å²) in [7, 11) is 0. The first-order chi connectivity index (χ1) is 7.49. The Balaban J connectivity index is 3.49. The van der Waals surface area contributed by atoms with Crippen LogP contribution in [0.4, 0.5) is 0 Å². The van der Waals surface area contributed by atoms with Gasteiger partial charge in [0, 0.05) is 0 Å². The highest BCUT2D eigenvalue weighted by Crippen LogP contribution is 2.25. The van der Waals surface area contributed by atoms with E-state index in [2.05, 4.69) is 0 Å². The summed E-state index contributed by atoms with van der Waals surface area (Å²) >= 11 is 0. The second-order valence-corrected chi connectivity index (χ2v) is 3.35. The summed E-state index contributed by atoms with van der Waals surface area (Å²) in [6, 6.07) is 2.65. The Morgan fingerprint density at radius 1 is 1.12 bits per heavy atom. The summed E-state index contributed by atoms with van der Waals surface area (Å²) in [5.74, 6) is -3.30. The lowest BCUT2D eigenvalue weighted by Crippen LogP contribution is -2.11. The van der Waals surface area contributed by atoms with Gasteiger partial charge in [0.25, 0.3) is 0 Å². The predicted molar refractivity (Wildman–Crippen MR) is 56.0 cm³/mol. The van der Waals surface area contributed by atoms with E-state index in [1.807, 2.05) is 6.92 Å². The number of carboxylic acids is 2. The first-order valence-corrected chi connectivity index (χ1v) is 4.80. The maximum absolute atomic E-state index is 11.0. The van der Waals surface area contributed by atoms with Crippen molar-refractivity contribution in [1.82, 2.24) is 0 Å². The fourth-order valence-electron chi connectivity index (χ4n) is 1.57. The Hall–Kier alpha value is -2.04. The number of benzene rings is 1. The molecule has 86 valence electrons. The normalized spacial score (nSPS) is 10.1. The van der Waals surface area contributed by atoms with Gasteiger partial charge in [-0.05, 0) is 18.1 Å². The predicted octanol–water partition coefficient (Wildman–Crippen LogP) is 1.74. The molecule has 0 amide bonds. The number of phenols is 1. The van der Waals surface area contributed by atoms with Gasteiger partial charge in [-0.1, -0.05) is 19.4 Å². The zero-order valence-corrected chi connectivity index (χ0v) is 8.73. The molecule has 3 N–H and O–H groups in total. The molecule has 0 aliphatic rings. The van der Waals surface area contributed by atoms with Gasteiger partial charge < -0.3 is 15.3 Å². The van der Waals surface area contributed by atoms with Crippen molar-refractivity contribution in [2.24, 2.45) is 0 Å². The van der Waals surface area contributed by atoms with Crippen molar-refractivity contribution in [3.05, 3.63) is 28.8 Å². The molecule has 16 heavy (non-hydrogen) atoms. The number of hydrogen-bond donors (Lipinski definition) is 3. The van der Waals surface area contributed by atoms with Crippen LogP contribution < -0.4 is 0 Å². The van der Waals surface area contributed by atoms with E-state index in [1.165, 1.54) is 12.1 Å². The third-order valence-electron chi connectivity index (χ3n) is 2.22. The average molecular weight is 224 g/mol. The van der Waals surface area contributed by atoms with E-state index >= 15 is 0 Å². The molecule has 1 rings (SSSR count). The van der Waals surface area contributed by atoms with Gasteiger partial charge >= 0.3 is 11.9 Å². The lowest BCUT2D eigenvalue weighted by molar-refractivity contribution is 0.0647. The van der Waals surface area contributed by atoms with Gasteiger partial charge in [0.05, 0.1) is 5.56 Å². The molecule has 0 spiro atoms. The molecule has 0 saturated heterocycles. The van der Waals surface area contributed by atoms with E-state index in [9.17, 15) is 14.7 Å². The molecule has 0 aliphatic carbocycles. The zero-order chi connectivity index (χ0) is 12.3. The second kappa shape index (κ2) is 4.65. The van der Waals surface area contributed by atoms with Crippen molar-refractivity contribution < 1.29 is 24.9 Å². The minimum absolute atomic E-state index is 0.325. The zero-order valence-electron chi connectivity index (χ0n) is 8.73. The highest BCUT2D eigenvalue weighted by Gasteiger charge is 2.23. The molecule has 0 bridgehead atoms. The van der Waals surface area contributed by atoms with Crippen LogP contribution in [0.2, 0.25) is 0 Å². The monoisotopic (exact) mass is 224 g/mol. The molecule has 0 saturated carbocycles. The van der Waals surface area contributed by atoms with Gasteiger partial charge in [-0.2, -0.15) is 0 Å². The fraction of sp³-hybridized carbons (Fsp3) is 0.273. The van der Waals surface area contributed by atoms with Gasteiger partial charge in [0.15, 0.2) is 0 Å². The number of aromatic hydroxyl groups is 1. The van der Waals surface area contributed by atoms with Crippen LogP contribution in [0.3, 0.4) is 0 Å². The third kappa shape index (κ3) is 2.13. The second-order valence-electron chi connectivity index (χ2n) is 3.35. The Morgan fingerprint density at radius 2 is 1.69 bits per heavy atom. The van der Waals surface area contributed by atoms with Gasteiger partial charge in [0.2, 0.25) is 0 Å². The molecule has 5 heteroatoms. The summed E-state index contributed by atoms with van der Waals surface area (Å²) in [6.45, 7) is 1.86. The molecule has 0 heterocycles. The van der Waals surface area contributed by atoms with Gasteiger partial charge in [0.1, 0.15) is 11.3 Å². The molecule has 0 aliphatic heterocycles. The number of hydrogen-bond acceptors (Lipinski definition) is 3. The van der Waals surface area contributed by atoms with Gasteiger partial charge in [-0.25, -0.2) is 9.59 Å². The Kier molecular flexibility index (Phi) is 3.50. The molecule has 5 nitrogen and oxygen atoms in total. The highest BCUT2D eigenvalue weighted by molar-refractivity contribution is 6.04. The van der Waals surface area contributed by atoms with Crippen LogP contribution in [-0.2, 0) is 6.42 Å². The SMILES string of the molecule is CCCc1ccc(O)c(C(=O)O)c1C(=O)O. The topological polar surface area (TPSA) is 94.8 Å². The number of aromatic carboxylic acids is 2. The van der Waals surface area contributed by atoms with Crippen LogP contribution in [-0.4, -0.2) is 27.3 Å². The molecule has 1 aromatic rings. The van der Waals surface area contributed by atoms with Gasteiger partial charge in [-0.3, -0.25) is 0 Å². The Morgan fingerprint density at radius 3 is 2.12 bits per heavy atom. The van der Waals surface area contributed by atoms with Gasteiger partial charge in [-0.15, -0.1) is 0 Å². The third-order valence-corrected chi connectivity index (χ3v) is 2.22. The van der Waals surface area contributed by atoms with Crippen LogP contribution in [0, 0.1) is 0 Å². The fourth-order valence-corrected chi connectivity index (χ4v) is 1.57. The molecule has 0 fully saturated rings. The Bertz CT molecular complexity index is 436. The first-order valence-electron chi connectivity index (χ1n) is 4.80. The largest absolute Gasteiger partial charge is 0.507 e. The average Bonchev–Trinajstić information content (AvgIpc) is 2.19. The maximum atomic E-state index is 11.0. The molecule has 0 radical (unpaired) electrons. The smallest absolute Gasteiger partial charge is 0.340 e. The van der Waals surface area contributed by atoms with Crippen LogP contribution >= 0.6 is 0 Å². The van der Waals surface area contributed by atoms with Crippen molar-refractivity contribution in [3.8, 4) is 5.75 Å². The summed E-state index contributed by atoms with van der Waals surface area (Å²) in [5.41, 5.74) is -0.446. The van der Waals surface area contributed by atoms with Crippen molar-refractivity contribution in [1.29, 1.82) is 0 Å². The summed E-state index contributed by atoms with van der Waals surface area (Å²) in [5, 5.41) is 27.2. The summed E-state index contributed by atoms with van der Waals surface area (Å²) in [4.78, 5) is 21.9. The minimum atomic E-state index is -1.44. The van der Waals surface area contributed by atoms with Crippen LogP contribution in [0.25, 0.3) is 0 Å². The quantitative estimate of drug-likeness (QED) is 0.724. The van der Waals surface area contributed by atoms with E-state index in [1.54, 1.807) is 0 Å². The Labute approximate surface area is 92.0 Å². The van der Waals surface area contributed by atoms with E-state index in [0.717, 1.165) is 0 Å². The van der Waals surface area contributed by atoms with Crippen molar-refractivity contribution >= 4 is 11.9 Å². The lowest BCUT2D eigenvalue weighted by atomic mass is 9.97.